The minimum atomic E-state index is -0.439. The van der Waals surface area contributed by atoms with Crippen LogP contribution in [-0.2, 0) is 4.74 Å². The number of rotatable bonds is 8. The molecule has 0 radical (unpaired) electrons. The molecular weight excluding hydrogens is 490 g/mol. The number of phenols is 1. The second-order valence-electron chi connectivity index (χ2n) is 8.48. The number of hydrogen-bond acceptors (Lipinski definition) is 10. The first-order valence-electron chi connectivity index (χ1n) is 12.0. The molecule has 2 aromatic heterocycles. The summed E-state index contributed by atoms with van der Waals surface area (Å²) in [4.78, 5) is 35.7. The van der Waals surface area contributed by atoms with E-state index in [2.05, 4.69) is 35.7 Å². The number of anilines is 1. The maximum absolute atomic E-state index is 12.6. The Bertz CT molecular complexity index is 1440. The van der Waals surface area contributed by atoms with E-state index in [-0.39, 0.29) is 23.3 Å². The van der Waals surface area contributed by atoms with E-state index in [1.54, 1.807) is 30.3 Å². The lowest BCUT2D eigenvalue weighted by Gasteiger charge is -2.26. The molecule has 5 rings (SSSR count). The van der Waals surface area contributed by atoms with Crippen LogP contribution in [0.2, 0.25) is 0 Å². The van der Waals surface area contributed by atoms with Crippen LogP contribution in [0.4, 0.5) is 5.95 Å². The Morgan fingerprint density at radius 1 is 0.947 bits per heavy atom. The van der Waals surface area contributed by atoms with Crippen molar-refractivity contribution in [2.24, 2.45) is 0 Å². The number of morpholine rings is 1. The van der Waals surface area contributed by atoms with Crippen LogP contribution < -0.4 is 15.4 Å². The molecule has 0 aliphatic carbocycles. The van der Waals surface area contributed by atoms with E-state index in [4.69, 9.17) is 9.47 Å². The second-order valence-corrected chi connectivity index (χ2v) is 8.48. The molecule has 0 atom stereocenters. The van der Waals surface area contributed by atoms with Crippen molar-refractivity contribution in [3.8, 4) is 17.2 Å². The van der Waals surface area contributed by atoms with E-state index < -0.39 is 5.91 Å². The Balaban J connectivity index is 1.23. The van der Waals surface area contributed by atoms with Crippen LogP contribution in [0.25, 0.3) is 11.0 Å². The maximum Gasteiger partial charge on any atom is 0.270 e. The van der Waals surface area contributed by atoms with Gasteiger partial charge in [0.25, 0.3) is 11.8 Å². The van der Waals surface area contributed by atoms with E-state index in [1.807, 2.05) is 0 Å². The Hall–Kier alpha value is -4.68. The van der Waals surface area contributed by atoms with Crippen LogP contribution >= 0.6 is 0 Å². The summed E-state index contributed by atoms with van der Waals surface area (Å²) in [5.41, 5.74) is 1.54. The molecule has 0 unspecified atom stereocenters. The smallest absolute Gasteiger partial charge is 0.270 e. The molecule has 1 saturated heterocycles. The standard InChI is InChI=1S/C26H25N7O5/c34-18-3-1-17(2-4-18)24(35)30-26-29-22-15-19(5-6-21(22)31-32-26)38-20-7-8-27-23(16-20)25(36)28-9-10-33-11-13-37-14-12-33/h1-8,15-16,34H,9-14H2,(H,28,36)(H,29,30,32,35). The zero-order valence-corrected chi connectivity index (χ0v) is 20.3. The predicted octanol–water partition coefficient (Wildman–Crippen LogP) is 2.23. The van der Waals surface area contributed by atoms with Gasteiger partial charge in [-0.1, -0.05) is 0 Å². The van der Waals surface area contributed by atoms with E-state index in [0.717, 1.165) is 19.6 Å². The average molecular weight is 516 g/mol. The van der Waals surface area contributed by atoms with Gasteiger partial charge in [0.05, 0.1) is 18.7 Å². The molecule has 3 heterocycles. The van der Waals surface area contributed by atoms with Gasteiger partial charge in [-0.2, -0.15) is 0 Å². The van der Waals surface area contributed by atoms with Gasteiger partial charge in [-0.25, -0.2) is 4.98 Å². The van der Waals surface area contributed by atoms with Gasteiger partial charge in [0.2, 0.25) is 5.95 Å². The molecule has 1 aliphatic rings. The fourth-order valence-corrected chi connectivity index (χ4v) is 3.80. The van der Waals surface area contributed by atoms with Gasteiger partial charge in [0.1, 0.15) is 28.5 Å². The molecule has 2 aromatic carbocycles. The molecule has 2 amide bonds. The lowest BCUT2D eigenvalue weighted by Crippen LogP contribution is -2.41. The van der Waals surface area contributed by atoms with Crippen LogP contribution in [0.5, 0.6) is 17.2 Å². The van der Waals surface area contributed by atoms with Gasteiger partial charge >= 0.3 is 0 Å². The quantitative estimate of drug-likeness (QED) is 0.319. The third kappa shape index (κ3) is 6.35. The van der Waals surface area contributed by atoms with Crippen molar-refractivity contribution in [3.05, 3.63) is 72.1 Å². The van der Waals surface area contributed by atoms with E-state index >= 15 is 0 Å². The largest absolute Gasteiger partial charge is 0.508 e. The average Bonchev–Trinajstić information content (AvgIpc) is 2.94. The zero-order valence-electron chi connectivity index (χ0n) is 20.3. The molecule has 0 saturated carbocycles. The summed E-state index contributed by atoms with van der Waals surface area (Å²) in [5, 5.41) is 22.9. The van der Waals surface area contributed by atoms with Crippen molar-refractivity contribution in [2.45, 2.75) is 0 Å². The SMILES string of the molecule is O=C(Nc1nnc2ccc(Oc3ccnc(C(=O)NCCN4CCOCC4)c3)cc2n1)c1ccc(O)cc1. The highest BCUT2D eigenvalue weighted by Crippen LogP contribution is 2.25. The summed E-state index contributed by atoms with van der Waals surface area (Å²) >= 11 is 0. The molecule has 12 heteroatoms. The van der Waals surface area contributed by atoms with E-state index in [0.29, 0.717) is 47.9 Å². The summed E-state index contributed by atoms with van der Waals surface area (Å²) in [5.74, 6) is 0.245. The van der Waals surface area contributed by atoms with Crippen LogP contribution in [0.1, 0.15) is 20.8 Å². The highest BCUT2D eigenvalue weighted by molar-refractivity contribution is 6.03. The fraction of sp³-hybridized carbons (Fsp3) is 0.231. The first kappa shape index (κ1) is 25.0. The lowest BCUT2D eigenvalue weighted by molar-refractivity contribution is 0.0383. The van der Waals surface area contributed by atoms with Gasteiger partial charge in [0.15, 0.2) is 0 Å². The number of nitrogens with zero attached hydrogens (tertiary/aromatic N) is 5. The third-order valence-electron chi connectivity index (χ3n) is 5.80. The summed E-state index contributed by atoms with van der Waals surface area (Å²) in [6.45, 7) is 4.39. The lowest BCUT2D eigenvalue weighted by atomic mass is 10.2. The second kappa shape index (κ2) is 11.6. The summed E-state index contributed by atoms with van der Waals surface area (Å²) < 4.78 is 11.3. The molecule has 38 heavy (non-hydrogen) atoms. The molecular formula is C26H25N7O5. The molecule has 3 N–H and O–H groups in total. The Labute approximate surface area is 217 Å². The molecule has 1 fully saturated rings. The number of amides is 2. The minimum Gasteiger partial charge on any atom is -0.508 e. The van der Waals surface area contributed by atoms with Gasteiger partial charge < -0.3 is 19.9 Å². The molecule has 12 nitrogen and oxygen atoms in total. The van der Waals surface area contributed by atoms with E-state index in [9.17, 15) is 14.7 Å². The molecule has 4 aromatic rings. The van der Waals surface area contributed by atoms with E-state index in [1.165, 1.54) is 30.5 Å². The zero-order chi connectivity index (χ0) is 26.3. The molecule has 0 spiro atoms. The van der Waals surface area contributed by atoms with Crippen LogP contribution in [0.3, 0.4) is 0 Å². The maximum atomic E-state index is 12.6. The number of phenolic OH excluding ortho intramolecular Hbond substituents is 1. The number of carbonyl (C=O) groups excluding carboxylic acids is 2. The monoisotopic (exact) mass is 515 g/mol. The van der Waals surface area contributed by atoms with Crippen molar-refractivity contribution in [2.75, 3.05) is 44.7 Å². The van der Waals surface area contributed by atoms with Crippen LogP contribution in [-0.4, -0.2) is 81.4 Å². The van der Waals surface area contributed by atoms with Crippen LogP contribution in [0.15, 0.2) is 60.8 Å². The van der Waals surface area contributed by atoms with Crippen LogP contribution in [0, 0.1) is 0 Å². The molecule has 194 valence electrons. The Kier molecular flexibility index (Phi) is 7.62. The van der Waals surface area contributed by atoms with Crippen molar-refractivity contribution >= 4 is 28.8 Å². The number of carbonyl (C=O) groups is 2. The Morgan fingerprint density at radius 2 is 1.74 bits per heavy atom. The summed E-state index contributed by atoms with van der Waals surface area (Å²) in [6, 6.07) is 14.1. The summed E-state index contributed by atoms with van der Waals surface area (Å²) in [7, 11) is 0. The number of nitrogens with one attached hydrogen (secondary N) is 2. The van der Waals surface area contributed by atoms with Crippen molar-refractivity contribution in [1.82, 2.24) is 30.4 Å². The summed E-state index contributed by atoms with van der Waals surface area (Å²) in [6.07, 6.45) is 1.51. The number of pyridine rings is 1. The Morgan fingerprint density at radius 3 is 2.55 bits per heavy atom. The third-order valence-corrected chi connectivity index (χ3v) is 5.80. The fourth-order valence-electron chi connectivity index (χ4n) is 3.80. The number of fused-ring (bicyclic) bond motifs is 1. The molecule has 0 bridgehead atoms. The highest BCUT2D eigenvalue weighted by atomic mass is 16.5. The minimum absolute atomic E-state index is 0.0210. The van der Waals surface area contributed by atoms with Gasteiger partial charge in [-0.3, -0.25) is 24.8 Å². The number of aromatic nitrogens is 4. The van der Waals surface area contributed by atoms with Crippen molar-refractivity contribution in [1.29, 1.82) is 0 Å². The first-order valence-corrected chi connectivity index (χ1v) is 12.0. The number of aromatic hydroxyl groups is 1. The topological polar surface area (TPSA) is 152 Å². The normalized spacial score (nSPS) is 13.7. The van der Waals surface area contributed by atoms with Crippen molar-refractivity contribution in [3.63, 3.8) is 0 Å². The van der Waals surface area contributed by atoms with Gasteiger partial charge in [0, 0.05) is 50.1 Å². The highest BCUT2D eigenvalue weighted by Gasteiger charge is 2.13. The van der Waals surface area contributed by atoms with Gasteiger partial charge in [-0.15, -0.1) is 10.2 Å². The number of benzene rings is 2. The predicted molar refractivity (Wildman–Crippen MR) is 137 cm³/mol. The molecule has 1 aliphatic heterocycles. The van der Waals surface area contributed by atoms with Gasteiger partial charge in [-0.05, 0) is 42.5 Å². The van der Waals surface area contributed by atoms with Crippen molar-refractivity contribution < 1.29 is 24.2 Å². The number of hydrogen-bond donors (Lipinski definition) is 3. The number of ether oxygens (including phenoxy) is 2. The first-order chi connectivity index (χ1) is 18.5.